The number of rotatable bonds is 4. The predicted molar refractivity (Wildman–Crippen MR) is 108 cm³/mol. The van der Waals surface area contributed by atoms with E-state index in [9.17, 15) is 22.8 Å². The Morgan fingerprint density at radius 1 is 0.767 bits per heavy atom. The van der Waals surface area contributed by atoms with E-state index >= 15 is 0 Å². The highest BCUT2D eigenvalue weighted by atomic mass is 35.5. The van der Waals surface area contributed by atoms with Crippen LogP contribution in [0.3, 0.4) is 0 Å². The number of aromatic nitrogens is 1. The molecule has 2 N–H and O–H groups in total. The first kappa shape index (κ1) is 21.6. The van der Waals surface area contributed by atoms with Gasteiger partial charge in [-0.05, 0) is 36.4 Å². The number of nitrogens with one attached hydrogen (secondary N) is 2. The molecule has 0 fully saturated rings. The zero-order chi connectivity index (χ0) is 21.9. The summed E-state index contributed by atoms with van der Waals surface area (Å²) < 4.78 is 40.0. The molecule has 0 aliphatic rings. The highest BCUT2D eigenvalue weighted by Crippen LogP contribution is 2.31. The van der Waals surface area contributed by atoms with Crippen LogP contribution >= 0.6 is 23.2 Å². The van der Waals surface area contributed by atoms with Gasteiger partial charge in [-0.2, -0.15) is 13.2 Å². The minimum Gasteiger partial charge on any atom is -0.319 e. The first-order valence-electron chi connectivity index (χ1n) is 8.36. The van der Waals surface area contributed by atoms with Crippen LogP contribution in [0, 0.1) is 0 Å². The third kappa shape index (κ3) is 5.08. The first-order chi connectivity index (χ1) is 14.1. The molecule has 0 spiro atoms. The van der Waals surface area contributed by atoms with Gasteiger partial charge in [-0.25, -0.2) is 4.98 Å². The Morgan fingerprint density at radius 3 is 1.53 bits per heavy atom. The van der Waals surface area contributed by atoms with Crippen molar-refractivity contribution < 1.29 is 22.8 Å². The van der Waals surface area contributed by atoms with Gasteiger partial charge in [-0.3, -0.25) is 9.59 Å². The lowest BCUT2D eigenvalue weighted by atomic mass is 10.1. The van der Waals surface area contributed by atoms with Crippen LogP contribution in [0.15, 0.2) is 60.7 Å². The molecule has 5 nitrogen and oxygen atoms in total. The van der Waals surface area contributed by atoms with Gasteiger partial charge < -0.3 is 10.6 Å². The van der Waals surface area contributed by atoms with Gasteiger partial charge >= 0.3 is 6.18 Å². The maximum absolute atomic E-state index is 13.3. The molecule has 0 atom stereocenters. The first-order valence-corrected chi connectivity index (χ1v) is 9.12. The summed E-state index contributed by atoms with van der Waals surface area (Å²) in [5.74, 6) is -1.91. The van der Waals surface area contributed by atoms with Gasteiger partial charge in [0.1, 0.15) is 11.4 Å². The zero-order valence-corrected chi connectivity index (χ0v) is 16.4. The second kappa shape index (κ2) is 8.73. The topological polar surface area (TPSA) is 71.1 Å². The van der Waals surface area contributed by atoms with Crippen LogP contribution in [0.1, 0.15) is 26.5 Å². The fourth-order valence-electron chi connectivity index (χ4n) is 2.42. The number of hydrogen-bond acceptors (Lipinski definition) is 3. The molecule has 1 heterocycles. The van der Waals surface area contributed by atoms with Crippen molar-refractivity contribution in [1.29, 1.82) is 0 Å². The van der Waals surface area contributed by atoms with Crippen molar-refractivity contribution in [3.63, 3.8) is 0 Å². The molecule has 10 heteroatoms. The second-order valence-corrected chi connectivity index (χ2v) is 6.81. The number of alkyl halides is 3. The Kier molecular flexibility index (Phi) is 6.28. The minimum atomic E-state index is -4.80. The van der Waals surface area contributed by atoms with Gasteiger partial charge in [-0.1, -0.05) is 47.5 Å². The summed E-state index contributed by atoms with van der Waals surface area (Å²) in [6, 6.07) is 13.5. The minimum absolute atomic E-state index is 0.186. The Balaban J connectivity index is 1.96. The third-order valence-electron chi connectivity index (χ3n) is 3.86. The molecule has 0 aliphatic heterocycles. The largest absolute Gasteiger partial charge is 0.416 e. The summed E-state index contributed by atoms with van der Waals surface area (Å²) in [4.78, 5) is 28.7. The molecule has 0 saturated carbocycles. The number of pyridine rings is 1. The molecule has 0 radical (unpaired) electrons. The lowest BCUT2D eigenvalue weighted by Gasteiger charge is -2.13. The van der Waals surface area contributed by atoms with E-state index in [0.29, 0.717) is 12.1 Å². The van der Waals surface area contributed by atoms with E-state index in [1.807, 2.05) is 0 Å². The van der Waals surface area contributed by atoms with Gasteiger partial charge in [0.15, 0.2) is 0 Å². The molecule has 0 saturated heterocycles. The molecular weight excluding hydrogens is 442 g/mol. The predicted octanol–water partition coefficient (Wildman–Crippen LogP) is 5.91. The number of hydrogen-bond donors (Lipinski definition) is 2. The summed E-state index contributed by atoms with van der Waals surface area (Å²) in [5, 5.41) is 5.13. The normalized spacial score (nSPS) is 11.1. The summed E-state index contributed by atoms with van der Waals surface area (Å²) in [7, 11) is 0. The Labute approximate surface area is 178 Å². The average Bonchev–Trinajstić information content (AvgIpc) is 2.70. The van der Waals surface area contributed by atoms with Crippen molar-refractivity contribution >= 4 is 46.4 Å². The number of carbonyl (C=O) groups excluding carboxylic acids is 2. The van der Waals surface area contributed by atoms with E-state index in [1.54, 1.807) is 24.3 Å². The Morgan fingerprint density at radius 2 is 1.17 bits per heavy atom. The third-order valence-corrected chi connectivity index (χ3v) is 4.52. The van der Waals surface area contributed by atoms with Crippen LogP contribution in [0.2, 0.25) is 10.0 Å². The van der Waals surface area contributed by atoms with Crippen molar-refractivity contribution in [3.05, 3.63) is 87.7 Å². The van der Waals surface area contributed by atoms with E-state index in [-0.39, 0.29) is 21.4 Å². The molecule has 154 valence electrons. The van der Waals surface area contributed by atoms with Crippen LogP contribution in [0.4, 0.5) is 24.5 Å². The SMILES string of the molecule is O=C(Nc1ccccc1Cl)c1cc(C(F)(F)F)cc(C(=O)Nc2ccccc2Cl)n1. The monoisotopic (exact) mass is 453 g/mol. The smallest absolute Gasteiger partial charge is 0.319 e. The summed E-state index contributed by atoms with van der Waals surface area (Å²) in [6.45, 7) is 0. The van der Waals surface area contributed by atoms with Crippen molar-refractivity contribution in [1.82, 2.24) is 4.98 Å². The summed E-state index contributed by atoms with van der Waals surface area (Å²) in [6.07, 6.45) is -4.80. The zero-order valence-electron chi connectivity index (χ0n) is 14.9. The Hall–Kier alpha value is -3.10. The van der Waals surface area contributed by atoms with E-state index < -0.39 is 34.9 Å². The molecule has 0 unspecified atom stereocenters. The van der Waals surface area contributed by atoms with Crippen LogP contribution in [0.5, 0.6) is 0 Å². The number of carbonyl (C=O) groups is 2. The highest BCUT2D eigenvalue weighted by molar-refractivity contribution is 6.34. The van der Waals surface area contributed by atoms with Gasteiger partial charge in [0.2, 0.25) is 0 Å². The molecule has 3 aromatic rings. The van der Waals surface area contributed by atoms with E-state index in [1.165, 1.54) is 24.3 Å². The summed E-state index contributed by atoms with van der Waals surface area (Å²) >= 11 is 11.9. The number of amides is 2. The molecule has 2 aromatic carbocycles. The molecule has 0 bridgehead atoms. The molecule has 0 aliphatic carbocycles. The molecule has 2 amide bonds. The van der Waals surface area contributed by atoms with E-state index in [0.717, 1.165) is 0 Å². The number of nitrogens with zero attached hydrogens (tertiary/aromatic N) is 1. The average molecular weight is 454 g/mol. The number of para-hydroxylation sites is 2. The maximum Gasteiger partial charge on any atom is 0.416 e. The van der Waals surface area contributed by atoms with Gasteiger partial charge in [0, 0.05) is 0 Å². The molecular formula is C20H12Cl2F3N3O2. The number of benzene rings is 2. The highest BCUT2D eigenvalue weighted by Gasteiger charge is 2.33. The fourth-order valence-corrected chi connectivity index (χ4v) is 2.79. The fraction of sp³-hybridized carbons (Fsp3) is 0.0500. The van der Waals surface area contributed by atoms with Gasteiger partial charge in [0.25, 0.3) is 11.8 Å². The number of halogens is 5. The van der Waals surface area contributed by atoms with Gasteiger partial charge in [0.05, 0.1) is 27.0 Å². The van der Waals surface area contributed by atoms with Crippen molar-refractivity contribution in [2.75, 3.05) is 10.6 Å². The van der Waals surface area contributed by atoms with Crippen molar-refractivity contribution in [2.45, 2.75) is 6.18 Å². The van der Waals surface area contributed by atoms with Crippen molar-refractivity contribution in [2.24, 2.45) is 0 Å². The van der Waals surface area contributed by atoms with Gasteiger partial charge in [-0.15, -0.1) is 0 Å². The second-order valence-electron chi connectivity index (χ2n) is 5.99. The maximum atomic E-state index is 13.3. The lowest BCUT2D eigenvalue weighted by Crippen LogP contribution is -2.21. The van der Waals surface area contributed by atoms with Crippen LogP contribution in [-0.2, 0) is 6.18 Å². The number of anilines is 2. The van der Waals surface area contributed by atoms with Crippen molar-refractivity contribution in [3.8, 4) is 0 Å². The standard InChI is InChI=1S/C20H12Cl2F3N3O2/c21-12-5-1-3-7-14(12)27-18(29)16-9-11(20(23,24)25)10-17(26-16)19(30)28-15-8-4-2-6-13(15)22/h1-10H,(H,27,29)(H,28,30). The lowest BCUT2D eigenvalue weighted by molar-refractivity contribution is -0.137. The van der Waals surface area contributed by atoms with E-state index in [2.05, 4.69) is 15.6 Å². The quantitative estimate of drug-likeness (QED) is 0.515. The molecule has 1 aromatic heterocycles. The molecule has 30 heavy (non-hydrogen) atoms. The molecule has 3 rings (SSSR count). The Bertz CT molecular complexity index is 1040. The van der Waals surface area contributed by atoms with Crippen LogP contribution < -0.4 is 10.6 Å². The van der Waals surface area contributed by atoms with E-state index in [4.69, 9.17) is 23.2 Å². The van der Waals surface area contributed by atoms with Crippen LogP contribution in [-0.4, -0.2) is 16.8 Å². The summed E-state index contributed by atoms with van der Waals surface area (Å²) in [5.41, 5.74) is -2.04. The van der Waals surface area contributed by atoms with Crippen LogP contribution in [0.25, 0.3) is 0 Å².